The second-order valence-electron chi connectivity index (χ2n) is 8.69. The number of H-pyrrole nitrogens is 1. The van der Waals surface area contributed by atoms with Crippen LogP contribution in [-0.2, 0) is 17.6 Å². The van der Waals surface area contributed by atoms with E-state index in [1.165, 1.54) is 18.1 Å². The molecule has 7 nitrogen and oxygen atoms in total. The number of piperidine rings is 1. The van der Waals surface area contributed by atoms with Crippen molar-refractivity contribution in [2.24, 2.45) is 0 Å². The lowest BCUT2D eigenvalue weighted by atomic mass is 9.99. The monoisotopic (exact) mass is 398 g/mol. The van der Waals surface area contributed by atoms with Crippen LogP contribution in [0.4, 0.5) is 5.69 Å². The van der Waals surface area contributed by atoms with Crippen LogP contribution in [0.5, 0.6) is 5.75 Å². The van der Waals surface area contributed by atoms with Crippen molar-refractivity contribution in [2.45, 2.75) is 63.5 Å². The summed E-state index contributed by atoms with van der Waals surface area (Å²) in [5.41, 5.74) is 4.36. The fraction of sp³-hybridized carbons (Fsp3) is 0.636. The molecule has 2 aliphatic heterocycles. The lowest BCUT2D eigenvalue weighted by molar-refractivity contribution is 0.124. The van der Waals surface area contributed by atoms with E-state index in [0.717, 1.165) is 88.1 Å². The summed E-state index contributed by atoms with van der Waals surface area (Å²) in [6.45, 7) is 3.91. The highest BCUT2D eigenvalue weighted by molar-refractivity contribution is 5.90. The molecule has 0 bridgehead atoms. The highest BCUT2D eigenvalue weighted by Gasteiger charge is 2.29. The van der Waals surface area contributed by atoms with E-state index in [1.807, 2.05) is 0 Å². The number of anilines is 1. The number of hydrogen-bond donors (Lipinski definition) is 3. The summed E-state index contributed by atoms with van der Waals surface area (Å²) in [7, 11) is 0. The van der Waals surface area contributed by atoms with Crippen molar-refractivity contribution in [1.82, 2.24) is 14.9 Å². The molecule has 3 N–H and O–H groups in total. The van der Waals surface area contributed by atoms with Crippen molar-refractivity contribution in [3.8, 4) is 5.75 Å². The number of fused-ring (bicyclic) bond motifs is 2. The summed E-state index contributed by atoms with van der Waals surface area (Å²) in [5, 5.41) is 13.7. The topological polar surface area (TPSA) is 90.5 Å². The SMILES string of the molecule is O=c1[nH]c2c(NC3CCN(C4CCOC4)CC3)c3c(nc2cc1O)CCCCC3. The summed E-state index contributed by atoms with van der Waals surface area (Å²) < 4.78 is 5.56. The van der Waals surface area contributed by atoms with Gasteiger partial charge in [0.25, 0.3) is 5.56 Å². The van der Waals surface area contributed by atoms with Crippen molar-refractivity contribution in [2.75, 3.05) is 31.6 Å². The number of aromatic hydroxyl groups is 1. The minimum atomic E-state index is -0.452. The normalized spacial score (nSPS) is 23.8. The fourth-order valence-corrected chi connectivity index (χ4v) is 5.13. The maximum absolute atomic E-state index is 12.1. The first kappa shape index (κ1) is 18.9. The molecule has 1 atom stereocenters. The molecular formula is C22H30N4O3. The molecule has 2 aromatic rings. The first-order valence-corrected chi connectivity index (χ1v) is 11.0. The standard InChI is InChI=1S/C22H30N4O3/c27-19-12-18-21(25-22(19)28)20(16-4-2-1-3-5-17(16)24-18)23-14-6-9-26(10-7-14)15-8-11-29-13-15/h12,14-15,27H,1-11,13H2,(H,23,24)(H,25,28). The van der Waals surface area contributed by atoms with Gasteiger partial charge < -0.3 is 20.1 Å². The third-order valence-corrected chi connectivity index (χ3v) is 6.80. The molecule has 29 heavy (non-hydrogen) atoms. The Balaban J connectivity index is 1.44. The zero-order valence-electron chi connectivity index (χ0n) is 16.9. The molecule has 3 aliphatic rings. The molecule has 0 amide bonds. The number of nitrogens with one attached hydrogen (secondary N) is 2. The summed E-state index contributed by atoms with van der Waals surface area (Å²) in [6.07, 6.45) is 8.75. The molecule has 7 heteroatoms. The van der Waals surface area contributed by atoms with Crippen LogP contribution < -0.4 is 10.9 Å². The van der Waals surface area contributed by atoms with Crippen molar-refractivity contribution < 1.29 is 9.84 Å². The van der Waals surface area contributed by atoms with Gasteiger partial charge in [-0.25, -0.2) is 0 Å². The first-order chi connectivity index (χ1) is 14.2. The predicted octanol–water partition coefficient (Wildman–Crippen LogP) is 2.56. The van der Waals surface area contributed by atoms with E-state index in [-0.39, 0.29) is 5.75 Å². The van der Waals surface area contributed by atoms with Crippen molar-refractivity contribution in [3.05, 3.63) is 27.7 Å². The molecular weight excluding hydrogens is 368 g/mol. The van der Waals surface area contributed by atoms with Crippen molar-refractivity contribution >= 4 is 16.7 Å². The second kappa shape index (κ2) is 7.95. The van der Waals surface area contributed by atoms with Gasteiger partial charge in [-0.2, -0.15) is 0 Å². The summed E-state index contributed by atoms with van der Waals surface area (Å²) in [4.78, 5) is 22.4. The van der Waals surface area contributed by atoms with Gasteiger partial charge in [-0.15, -0.1) is 0 Å². The van der Waals surface area contributed by atoms with Crippen LogP contribution in [0.2, 0.25) is 0 Å². The lowest BCUT2D eigenvalue weighted by Gasteiger charge is -2.36. The first-order valence-electron chi connectivity index (χ1n) is 11.0. The predicted molar refractivity (Wildman–Crippen MR) is 113 cm³/mol. The molecule has 2 saturated heterocycles. The smallest absolute Gasteiger partial charge is 0.290 e. The third kappa shape index (κ3) is 3.73. The van der Waals surface area contributed by atoms with E-state index >= 15 is 0 Å². The van der Waals surface area contributed by atoms with E-state index < -0.39 is 5.56 Å². The van der Waals surface area contributed by atoms with Crippen LogP contribution in [0.25, 0.3) is 11.0 Å². The zero-order chi connectivity index (χ0) is 19.8. The quantitative estimate of drug-likeness (QED) is 0.689. The number of aromatic amines is 1. The van der Waals surface area contributed by atoms with Crippen LogP contribution in [0.1, 0.15) is 49.8 Å². The van der Waals surface area contributed by atoms with Gasteiger partial charge in [0.15, 0.2) is 5.75 Å². The Kier molecular flexibility index (Phi) is 5.18. The average molecular weight is 399 g/mol. The molecule has 0 aromatic carbocycles. The summed E-state index contributed by atoms with van der Waals surface area (Å²) in [6, 6.07) is 2.46. The van der Waals surface area contributed by atoms with Gasteiger partial charge in [0.05, 0.1) is 23.3 Å². The molecule has 2 aromatic heterocycles. The van der Waals surface area contributed by atoms with Gasteiger partial charge in [0, 0.05) is 43.5 Å². The zero-order valence-corrected chi connectivity index (χ0v) is 16.9. The fourth-order valence-electron chi connectivity index (χ4n) is 5.13. The maximum Gasteiger partial charge on any atom is 0.290 e. The number of ether oxygens (including phenoxy) is 1. The molecule has 0 saturated carbocycles. The molecule has 5 rings (SSSR count). The van der Waals surface area contributed by atoms with E-state index in [1.54, 1.807) is 0 Å². The summed E-state index contributed by atoms with van der Waals surface area (Å²) >= 11 is 0. The van der Waals surface area contributed by atoms with Crippen LogP contribution in [0.3, 0.4) is 0 Å². The Morgan fingerprint density at radius 3 is 2.79 bits per heavy atom. The van der Waals surface area contributed by atoms with Crippen LogP contribution >= 0.6 is 0 Å². The van der Waals surface area contributed by atoms with Gasteiger partial charge >= 0.3 is 0 Å². The average Bonchev–Trinajstić information content (AvgIpc) is 3.16. The Hall–Kier alpha value is -2.12. The van der Waals surface area contributed by atoms with Crippen LogP contribution in [0, 0.1) is 0 Å². The Morgan fingerprint density at radius 1 is 1.17 bits per heavy atom. The Morgan fingerprint density at radius 2 is 2.00 bits per heavy atom. The number of pyridine rings is 2. The van der Waals surface area contributed by atoms with Crippen molar-refractivity contribution in [1.29, 1.82) is 0 Å². The van der Waals surface area contributed by atoms with Gasteiger partial charge in [0.2, 0.25) is 0 Å². The third-order valence-electron chi connectivity index (χ3n) is 6.80. The molecule has 4 heterocycles. The van der Waals surface area contributed by atoms with E-state index in [2.05, 4.69) is 15.2 Å². The maximum atomic E-state index is 12.1. The molecule has 2 fully saturated rings. The van der Waals surface area contributed by atoms with E-state index in [0.29, 0.717) is 17.6 Å². The minimum absolute atomic E-state index is 0.267. The highest BCUT2D eigenvalue weighted by Crippen LogP contribution is 2.33. The largest absolute Gasteiger partial charge is 0.503 e. The van der Waals surface area contributed by atoms with Crippen LogP contribution in [0.15, 0.2) is 10.9 Å². The number of nitrogens with zero attached hydrogens (tertiary/aromatic N) is 2. The van der Waals surface area contributed by atoms with Gasteiger partial charge in [-0.05, 0) is 50.5 Å². The van der Waals surface area contributed by atoms with Gasteiger partial charge in [0.1, 0.15) is 0 Å². The van der Waals surface area contributed by atoms with Gasteiger partial charge in [-0.1, -0.05) is 6.42 Å². The number of hydrogen-bond acceptors (Lipinski definition) is 6. The lowest BCUT2D eigenvalue weighted by Crippen LogP contribution is -2.45. The number of rotatable bonds is 3. The summed E-state index contributed by atoms with van der Waals surface area (Å²) in [5.74, 6) is -0.267. The number of likely N-dealkylation sites (tertiary alicyclic amines) is 1. The second-order valence-corrected chi connectivity index (χ2v) is 8.69. The van der Waals surface area contributed by atoms with E-state index in [9.17, 15) is 9.90 Å². The van der Waals surface area contributed by atoms with E-state index in [4.69, 9.17) is 9.72 Å². The highest BCUT2D eigenvalue weighted by atomic mass is 16.5. The molecule has 156 valence electrons. The molecule has 0 spiro atoms. The molecule has 1 unspecified atom stereocenters. The number of aryl methyl sites for hydroxylation is 1. The minimum Gasteiger partial charge on any atom is -0.503 e. The molecule has 0 radical (unpaired) electrons. The van der Waals surface area contributed by atoms with Gasteiger partial charge in [-0.3, -0.25) is 14.7 Å². The van der Waals surface area contributed by atoms with Crippen LogP contribution in [-0.4, -0.2) is 58.4 Å². The number of aromatic nitrogens is 2. The Bertz CT molecular complexity index is 943. The molecule has 1 aliphatic carbocycles. The Labute approximate surface area is 170 Å². The van der Waals surface area contributed by atoms with Crippen molar-refractivity contribution in [3.63, 3.8) is 0 Å².